The summed E-state index contributed by atoms with van der Waals surface area (Å²) in [6.45, 7) is 4.58. The predicted octanol–water partition coefficient (Wildman–Crippen LogP) is 2.30. The molecule has 174 valence electrons. The molecule has 8 nitrogen and oxygen atoms in total. The summed E-state index contributed by atoms with van der Waals surface area (Å²) in [6, 6.07) is 2.78. The third-order valence-electron chi connectivity index (χ3n) is 5.88. The number of halogens is 2. The largest absolute Gasteiger partial charge is 0.483 e. The Kier molecular flexibility index (Phi) is 6.22. The van der Waals surface area contributed by atoms with Crippen LogP contribution in [0.2, 0.25) is 0 Å². The Morgan fingerprint density at radius 1 is 1.06 bits per heavy atom. The summed E-state index contributed by atoms with van der Waals surface area (Å²) < 4.78 is 60.7. The van der Waals surface area contributed by atoms with Crippen molar-refractivity contribution in [2.45, 2.75) is 44.5 Å². The van der Waals surface area contributed by atoms with Crippen molar-refractivity contribution in [2.24, 2.45) is 0 Å². The molecule has 2 aliphatic rings. The van der Waals surface area contributed by atoms with Crippen molar-refractivity contribution < 1.29 is 21.9 Å². The highest BCUT2D eigenvalue weighted by Gasteiger charge is 2.32. The van der Waals surface area contributed by atoms with Crippen LogP contribution in [0.3, 0.4) is 0 Å². The number of aromatic nitrogens is 2. The molecular weight excluding hydrogens is 442 g/mol. The van der Waals surface area contributed by atoms with E-state index >= 15 is 0 Å². The van der Waals surface area contributed by atoms with Crippen molar-refractivity contribution in [1.29, 1.82) is 0 Å². The number of nitrogens with zero attached hydrogens (tertiary/aromatic N) is 4. The van der Waals surface area contributed by atoms with Gasteiger partial charge in [0.05, 0.1) is 23.2 Å². The van der Waals surface area contributed by atoms with E-state index in [4.69, 9.17) is 4.74 Å². The summed E-state index contributed by atoms with van der Waals surface area (Å²) >= 11 is 0. The van der Waals surface area contributed by atoms with E-state index in [1.165, 1.54) is 10.5 Å². The molecule has 2 aromatic rings. The van der Waals surface area contributed by atoms with Gasteiger partial charge in [0.1, 0.15) is 17.3 Å². The normalized spacial score (nSPS) is 18.1. The van der Waals surface area contributed by atoms with Crippen molar-refractivity contribution in [3.05, 3.63) is 46.4 Å². The summed E-state index contributed by atoms with van der Waals surface area (Å²) in [4.78, 5) is 15.1. The molecule has 0 N–H and O–H groups in total. The zero-order valence-electron chi connectivity index (χ0n) is 18.0. The Bertz CT molecular complexity index is 1140. The summed E-state index contributed by atoms with van der Waals surface area (Å²) in [7, 11) is -3.37. The third kappa shape index (κ3) is 4.36. The van der Waals surface area contributed by atoms with Gasteiger partial charge in [0.15, 0.2) is 0 Å². The minimum Gasteiger partial charge on any atom is -0.483 e. The molecule has 1 aromatic carbocycles. The Balaban J connectivity index is 1.66. The van der Waals surface area contributed by atoms with Crippen LogP contribution in [-0.2, 0) is 10.0 Å². The average Bonchev–Trinajstić information content (AvgIpc) is 2.70. The van der Waals surface area contributed by atoms with E-state index in [0.717, 1.165) is 42.1 Å². The molecule has 0 radical (unpaired) electrons. The number of sulfonamides is 1. The summed E-state index contributed by atoms with van der Waals surface area (Å²) in [5.74, 6) is -1.57. The number of benzene rings is 1. The van der Waals surface area contributed by atoms with Gasteiger partial charge in [0.2, 0.25) is 15.8 Å². The van der Waals surface area contributed by atoms with Crippen molar-refractivity contribution >= 4 is 15.7 Å². The topological polar surface area (TPSA) is 84.7 Å². The zero-order valence-corrected chi connectivity index (χ0v) is 18.8. The first kappa shape index (κ1) is 22.7. The Labute approximate surface area is 185 Å². The Morgan fingerprint density at radius 2 is 1.69 bits per heavy atom. The zero-order chi connectivity index (χ0) is 23.0. The van der Waals surface area contributed by atoms with Crippen LogP contribution in [0.15, 0.2) is 29.2 Å². The molecule has 1 aliphatic carbocycles. The number of rotatable bonds is 6. The molecule has 1 saturated heterocycles. The van der Waals surface area contributed by atoms with E-state index in [9.17, 15) is 22.0 Å². The lowest BCUT2D eigenvalue weighted by Crippen LogP contribution is -2.51. The van der Waals surface area contributed by atoms with Crippen LogP contribution in [0.5, 0.6) is 5.75 Å². The molecule has 4 rings (SSSR count). The molecule has 1 aromatic heterocycles. The van der Waals surface area contributed by atoms with Crippen LogP contribution in [0, 0.1) is 11.6 Å². The van der Waals surface area contributed by atoms with Gasteiger partial charge in [-0.2, -0.15) is 14.1 Å². The lowest BCUT2D eigenvalue weighted by atomic mass is 9.96. The summed E-state index contributed by atoms with van der Waals surface area (Å²) in [5.41, 5.74) is -0.196. The molecule has 0 bridgehead atoms. The monoisotopic (exact) mass is 468 g/mol. The second-order valence-electron chi connectivity index (χ2n) is 8.35. The van der Waals surface area contributed by atoms with Gasteiger partial charge in [-0.3, -0.25) is 4.79 Å². The maximum Gasteiger partial charge on any atom is 0.316 e. The molecule has 2 fully saturated rings. The fraction of sp³-hybridized carbons (Fsp3) is 0.524. The summed E-state index contributed by atoms with van der Waals surface area (Å²) in [5, 5.41) is 3.62. The molecule has 2 heterocycles. The molecule has 0 unspecified atom stereocenters. The number of ether oxygens (including phenoxy) is 1. The molecule has 0 spiro atoms. The first-order valence-electron chi connectivity index (χ1n) is 10.7. The molecule has 0 atom stereocenters. The molecule has 11 heteroatoms. The predicted molar refractivity (Wildman–Crippen MR) is 116 cm³/mol. The highest BCUT2D eigenvalue weighted by Crippen LogP contribution is 2.31. The van der Waals surface area contributed by atoms with Crippen molar-refractivity contribution in [3.8, 4) is 11.4 Å². The van der Waals surface area contributed by atoms with Gasteiger partial charge in [-0.05, 0) is 45.2 Å². The number of piperazine rings is 1. The molecular formula is C21H26F2N4O4S. The molecule has 32 heavy (non-hydrogen) atoms. The van der Waals surface area contributed by atoms with Crippen molar-refractivity contribution in [3.63, 3.8) is 0 Å². The van der Waals surface area contributed by atoms with E-state index in [-0.39, 0.29) is 30.6 Å². The fourth-order valence-electron chi connectivity index (χ4n) is 3.75. The van der Waals surface area contributed by atoms with Crippen molar-refractivity contribution in [1.82, 2.24) is 14.1 Å². The second kappa shape index (κ2) is 8.78. The van der Waals surface area contributed by atoms with E-state index < -0.39 is 32.5 Å². The van der Waals surface area contributed by atoms with Gasteiger partial charge >= 0.3 is 5.56 Å². The first-order valence-corrected chi connectivity index (χ1v) is 12.2. The highest BCUT2D eigenvalue weighted by atomic mass is 32.2. The van der Waals surface area contributed by atoms with Gasteiger partial charge in [0, 0.05) is 32.2 Å². The van der Waals surface area contributed by atoms with Crippen LogP contribution in [-0.4, -0.2) is 60.0 Å². The van der Waals surface area contributed by atoms with E-state index in [0.29, 0.717) is 18.8 Å². The van der Waals surface area contributed by atoms with Gasteiger partial charge in [-0.25, -0.2) is 17.2 Å². The minimum absolute atomic E-state index is 0.0367. The van der Waals surface area contributed by atoms with Gasteiger partial charge in [-0.1, -0.05) is 0 Å². The minimum atomic E-state index is -3.37. The van der Waals surface area contributed by atoms with Crippen LogP contribution >= 0.6 is 0 Å². The van der Waals surface area contributed by atoms with Gasteiger partial charge in [0.25, 0.3) is 0 Å². The van der Waals surface area contributed by atoms with Crippen LogP contribution in [0.4, 0.5) is 14.5 Å². The lowest BCUT2D eigenvalue weighted by molar-refractivity contribution is 0.118. The Hall–Kier alpha value is -2.53. The van der Waals surface area contributed by atoms with Crippen LogP contribution in [0.25, 0.3) is 5.69 Å². The number of hydrogen-bond donors (Lipinski definition) is 0. The standard InChI is InChI=1S/C21H26F2N4O4S/c1-14(2)32(29,30)26-8-6-25(7-9-26)19-13-24-27(17-11-15(22)10-16(23)12-17)21(28)20(19)31-18-4-3-5-18/h10-14,18H,3-9H2,1-2H3. The second-order valence-corrected chi connectivity index (χ2v) is 10.8. The number of hydrogen-bond acceptors (Lipinski definition) is 6. The third-order valence-corrected chi connectivity index (χ3v) is 8.15. The van der Waals surface area contributed by atoms with E-state index in [1.54, 1.807) is 13.8 Å². The van der Waals surface area contributed by atoms with E-state index in [2.05, 4.69) is 5.10 Å². The first-order chi connectivity index (χ1) is 15.2. The average molecular weight is 469 g/mol. The lowest BCUT2D eigenvalue weighted by Gasteiger charge is -2.37. The summed E-state index contributed by atoms with van der Waals surface area (Å²) in [6.07, 6.45) is 3.96. The molecule has 0 amide bonds. The van der Waals surface area contributed by atoms with Gasteiger partial charge < -0.3 is 9.64 Å². The Morgan fingerprint density at radius 3 is 2.22 bits per heavy atom. The molecule has 1 saturated carbocycles. The maximum atomic E-state index is 13.7. The highest BCUT2D eigenvalue weighted by molar-refractivity contribution is 7.89. The maximum absolute atomic E-state index is 13.7. The van der Waals surface area contributed by atoms with E-state index in [1.807, 2.05) is 4.90 Å². The number of anilines is 1. The van der Waals surface area contributed by atoms with Crippen LogP contribution in [0.1, 0.15) is 33.1 Å². The quantitative estimate of drug-likeness (QED) is 0.647. The fourth-order valence-corrected chi connectivity index (χ4v) is 5.02. The van der Waals surface area contributed by atoms with Crippen LogP contribution < -0.4 is 15.2 Å². The van der Waals surface area contributed by atoms with Crippen molar-refractivity contribution in [2.75, 3.05) is 31.1 Å². The molecule has 1 aliphatic heterocycles. The SMILES string of the molecule is CC(C)S(=O)(=O)N1CCN(c2cnn(-c3cc(F)cc(F)c3)c(=O)c2OC2CCC2)CC1. The van der Waals surface area contributed by atoms with Gasteiger partial charge in [-0.15, -0.1) is 0 Å². The smallest absolute Gasteiger partial charge is 0.316 e.